The van der Waals surface area contributed by atoms with E-state index in [2.05, 4.69) is 16.0 Å². The predicted octanol–water partition coefficient (Wildman–Crippen LogP) is 4.50. The van der Waals surface area contributed by atoms with Crippen LogP contribution in [-0.2, 0) is 22.6 Å². The molecule has 0 spiro atoms. The van der Waals surface area contributed by atoms with Crippen LogP contribution in [0, 0.1) is 24.4 Å². The minimum atomic E-state index is -1.80. The second kappa shape index (κ2) is 13.5. The Balaban J connectivity index is 1.53. The lowest BCUT2D eigenvalue weighted by molar-refractivity contribution is -0.147. The van der Waals surface area contributed by atoms with E-state index in [0.29, 0.717) is 11.6 Å². The van der Waals surface area contributed by atoms with E-state index in [1.165, 1.54) is 16.7 Å². The molecule has 0 radical (unpaired) electrons. The maximum Gasteiger partial charge on any atom is 0.319 e. The van der Waals surface area contributed by atoms with Crippen LogP contribution in [0.1, 0.15) is 30.5 Å². The van der Waals surface area contributed by atoms with Crippen LogP contribution in [0.5, 0.6) is 0 Å². The van der Waals surface area contributed by atoms with E-state index in [-0.39, 0.29) is 18.8 Å². The van der Waals surface area contributed by atoms with E-state index in [0.717, 1.165) is 17.2 Å². The first-order valence-electron chi connectivity index (χ1n) is 13.6. The fourth-order valence-electron chi connectivity index (χ4n) is 4.90. The second-order valence-electron chi connectivity index (χ2n) is 10.8. The molecule has 8 nitrogen and oxygen atoms in total. The number of carbonyl (C=O) groups excluding carboxylic acids is 3. The Hall–Kier alpha value is -4.03. The van der Waals surface area contributed by atoms with Gasteiger partial charge >= 0.3 is 6.03 Å². The third-order valence-corrected chi connectivity index (χ3v) is 8.70. The zero-order chi connectivity index (χ0) is 31.3. The Bertz CT molecular complexity index is 1490. The maximum absolute atomic E-state index is 14.2. The molecule has 0 unspecified atom stereocenters. The number of nitrogens with zero attached hydrogens (tertiary/aromatic N) is 1. The molecular weight excluding hydrogens is 581 g/mol. The Morgan fingerprint density at radius 2 is 1.67 bits per heavy atom. The van der Waals surface area contributed by atoms with E-state index >= 15 is 0 Å². The van der Waals surface area contributed by atoms with Gasteiger partial charge in [0.25, 0.3) is 5.91 Å². The Morgan fingerprint density at radius 3 is 2.37 bits per heavy atom. The number of nitrogens with one attached hydrogen (secondary N) is 3. The Kier molecular flexibility index (Phi) is 10.0. The predicted molar refractivity (Wildman–Crippen MR) is 159 cm³/mol. The van der Waals surface area contributed by atoms with Crippen molar-refractivity contribution in [1.82, 2.24) is 15.5 Å². The lowest BCUT2D eigenvalue weighted by Crippen LogP contribution is -2.59. The van der Waals surface area contributed by atoms with Crippen molar-refractivity contribution in [3.8, 4) is 0 Å². The van der Waals surface area contributed by atoms with Crippen molar-refractivity contribution in [3.63, 3.8) is 0 Å². The lowest BCUT2D eigenvalue weighted by atomic mass is 9.97. The summed E-state index contributed by atoms with van der Waals surface area (Å²) >= 11 is 1.38. The normalized spacial score (nSPS) is 17.2. The third-order valence-electron chi connectivity index (χ3n) is 7.32. The Labute approximate surface area is 252 Å². The number of aliphatic hydroxyl groups excluding tert-OH is 1. The van der Waals surface area contributed by atoms with Crippen LogP contribution < -0.4 is 16.0 Å². The fourth-order valence-corrected chi connectivity index (χ4v) is 6.04. The molecule has 1 fully saturated rings. The number of aliphatic hydroxyl groups is 1. The van der Waals surface area contributed by atoms with Gasteiger partial charge in [0.05, 0.1) is 17.6 Å². The van der Waals surface area contributed by atoms with Crippen LogP contribution in [0.2, 0.25) is 0 Å². The fraction of sp³-hybridized carbons (Fsp3) is 0.323. The van der Waals surface area contributed by atoms with E-state index in [1.54, 1.807) is 30.3 Å². The molecule has 228 valence electrons. The number of carbonyl (C=O) groups is 3. The maximum atomic E-state index is 14.2. The molecule has 4 amide bonds. The zero-order valence-corrected chi connectivity index (χ0v) is 24.7. The van der Waals surface area contributed by atoms with Crippen LogP contribution in [0.25, 0.3) is 0 Å². The number of benzene rings is 3. The van der Waals surface area contributed by atoms with E-state index in [9.17, 15) is 32.7 Å². The van der Waals surface area contributed by atoms with Crippen LogP contribution in [0.15, 0.2) is 66.7 Å². The Morgan fingerprint density at radius 1 is 1.00 bits per heavy atom. The topological polar surface area (TPSA) is 111 Å². The second-order valence-corrected chi connectivity index (χ2v) is 12.4. The van der Waals surface area contributed by atoms with Crippen molar-refractivity contribution >= 4 is 35.3 Å². The SMILES string of the molecule is Cc1ccccc1CNC(=O)[C@H]1N(C(=O)[C@@H](O)[C@H](Cc2ccccc2)NC(=O)Nc2ccc(F)c(F)c2F)CSC1(C)C. The average Bonchev–Trinajstić information content (AvgIpc) is 3.31. The number of urea groups is 1. The highest BCUT2D eigenvalue weighted by atomic mass is 32.2. The molecule has 1 aliphatic heterocycles. The minimum absolute atomic E-state index is 0.00402. The van der Waals surface area contributed by atoms with Crippen molar-refractivity contribution in [3.05, 3.63) is 101 Å². The van der Waals surface area contributed by atoms with Gasteiger partial charge in [-0.3, -0.25) is 9.59 Å². The van der Waals surface area contributed by atoms with Crippen molar-refractivity contribution < 1.29 is 32.7 Å². The summed E-state index contributed by atoms with van der Waals surface area (Å²) in [5.41, 5.74) is 1.97. The number of anilines is 1. The van der Waals surface area contributed by atoms with Crippen molar-refractivity contribution in [2.45, 2.75) is 56.7 Å². The largest absolute Gasteiger partial charge is 0.381 e. The van der Waals surface area contributed by atoms with Gasteiger partial charge in [0, 0.05) is 11.3 Å². The molecule has 4 N–H and O–H groups in total. The van der Waals surface area contributed by atoms with Crippen LogP contribution in [0.4, 0.5) is 23.7 Å². The first-order chi connectivity index (χ1) is 20.4. The lowest BCUT2D eigenvalue weighted by Gasteiger charge is -2.33. The summed E-state index contributed by atoms with van der Waals surface area (Å²) in [6.07, 6.45) is -1.81. The van der Waals surface area contributed by atoms with Gasteiger partial charge in [0.1, 0.15) is 6.04 Å². The molecule has 0 aliphatic carbocycles. The van der Waals surface area contributed by atoms with Gasteiger partial charge < -0.3 is 26.0 Å². The number of rotatable bonds is 9. The smallest absolute Gasteiger partial charge is 0.319 e. The van der Waals surface area contributed by atoms with Gasteiger partial charge in [-0.2, -0.15) is 0 Å². The highest BCUT2D eigenvalue weighted by Crippen LogP contribution is 2.40. The molecule has 0 saturated carbocycles. The summed E-state index contributed by atoms with van der Waals surface area (Å²) in [5, 5.41) is 18.8. The minimum Gasteiger partial charge on any atom is -0.381 e. The first kappa shape index (κ1) is 31.9. The first-order valence-corrected chi connectivity index (χ1v) is 14.6. The van der Waals surface area contributed by atoms with E-state index < -0.39 is 63.9 Å². The van der Waals surface area contributed by atoms with Gasteiger partial charge in [0.2, 0.25) is 5.91 Å². The molecule has 1 heterocycles. The molecular formula is C31H33F3N4O4S. The van der Waals surface area contributed by atoms with Gasteiger partial charge in [-0.05, 0) is 56.0 Å². The van der Waals surface area contributed by atoms with E-state index in [4.69, 9.17) is 0 Å². The molecule has 1 aliphatic rings. The molecule has 0 bridgehead atoms. The molecule has 0 aromatic heterocycles. The number of aryl methyl sites for hydroxylation is 1. The van der Waals surface area contributed by atoms with E-state index in [1.807, 2.05) is 45.0 Å². The number of thioether (sulfide) groups is 1. The summed E-state index contributed by atoms with van der Waals surface area (Å²) in [5.74, 6) is -5.82. The van der Waals surface area contributed by atoms with Crippen molar-refractivity contribution in [1.29, 1.82) is 0 Å². The number of halogens is 3. The van der Waals surface area contributed by atoms with Crippen LogP contribution in [0.3, 0.4) is 0 Å². The quantitative estimate of drug-likeness (QED) is 0.266. The molecule has 4 rings (SSSR count). The number of amides is 4. The molecule has 3 atom stereocenters. The summed E-state index contributed by atoms with van der Waals surface area (Å²) in [6, 6.07) is 14.6. The average molecular weight is 615 g/mol. The van der Waals surface area contributed by atoms with Gasteiger partial charge in [-0.25, -0.2) is 18.0 Å². The molecule has 1 saturated heterocycles. The van der Waals surface area contributed by atoms with Crippen molar-refractivity contribution in [2.24, 2.45) is 0 Å². The summed E-state index contributed by atoms with van der Waals surface area (Å²) in [6.45, 7) is 5.85. The third kappa shape index (κ3) is 7.49. The highest BCUT2D eigenvalue weighted by molar-refractivity contribution is 8.00. The highest BCUT2D eigenvalue weighted by Gasteiger charge is 2.49. The van der Waals surface area contributed by atoms with Gasteiger partial charge in [-0.1, -0.05) is 54.6 Å². The van der Waals surface area contributed by atoms with Crippen LogP contribution >= 0.6 is 11.8 Å². The number of hydrogen-bond donors (Lipinski definition) is 4. The molecule has 3 aromatic rings. The summed E-state index contributed by atoms with van der Waals surface area (Å²) in [4.78, 5) is 41.3. The van der Waals surface area contributed by atoms with Gasteiger partial charge in [-0.15, -0.1) is 11.8 Å². The summed E-state index contributed by atoms with van der Waals surface area (Å²) < 4.78 is 40.5. The summed E-state index contributed by atoms with van der Waals surface area (Å²) in [7, 11) is 0. The van der Waals surface area contributed by atoms with Crippen LogP contribution in [-0.4, -0.2) is 56.7 Å². The molecule has 3 aromatic carbocycles. The number of hydrogen-bond acceptors (Lipinski definition) is 5. The zero-order valence-electron chi connectivity index (χ0n) is 23.9. The van der Waals surface area contributed by atoms with Crippen molar-refractivity contribution in [2.75, 3.05) is 11.2 Å². The monoisotopic (exact) mass is 614 g/mol. The van der Waals surface area contributed by atoms with Gasteiger partial charge in [0.15, 0.2) is 23.6 Å². The molecule has 43 heavy (non-hydrogen) atoms. The molecule has 12 heteroatoms. The standard InChI is InChI=1S/C31H33F3N4O4S/c1-18-9-7-8-12-20(18)16-35-28(40)27-31(2,3)43-17-38(27)29(41)26(39)23(15-19-10-5-4-6-11-19)37-30(42)36-22-14-13-21(32)24(33)25(22)34/h4-14,23,26-27,39H,15-17H2,1-3H3,(H,35,40)(H2,36,37,42)/t23-,26-,27+/m0/s1.